The van der Waals surface area contributed by atoms with Crippen LogP contribution in [-0.4, -0.2) is 33.5 Å². The van der Waals surface area contributed by atoms with Gasteiger partial charge in [-0.3, -0.25) is 4.18 Å². The van der Waals surface area contributed by atoms with Crippen molar-refractivity contribution >= 4 is 31.2 Å². The summed E-state index contributed by atoms with van der Waals surface area (Å²) >= 11 is 0. The van der Waals surface area contributed by atoms with Gasteiger partial charge in [0.1, 0.15) is 11.4 Å². The molecule has 0 saturated heterocycles. The lowest BCUT2D eigenvalue weighted by Gasteiger charge is -2.60. The zero-order valence-corrected chi connectivity index (χ0v) is 24.7. The maximum absolute atomic E-state index is 12.8. The van der Waals surface area contributed by atoms with Crippen molar-refractivity contribution in [1.29, 1.82) is 0 Å². The highest BCUT2D eigenvalue weighted by Gasteiger charge is 2.61. The second-order valence-electron chi connectivity index (χ2n) is 11.3. The minimum absolute atomic E-state index is 0.0296. The number of halogens is 3. The Labute approximate surface area is 246 Å². The number of hydrogen-bond donors (Lipinski definition) is 0. The molecule has 0 heterocycles. The predicted molar refractivity (Wildman–Crippen MR) is 151 cm³/mol. The van der Waals surface area contributed by atoms with Gasteiger partial charge in [0.25, 0.3) is 0 Å². The van der Waals surface area contributed by atoms with Crippen LogP contribution in [0.1, 0.15) is 38.5 Å². The third kappa shape index (κ3) is 5.94. The highest BCUT2D eigenvalue weighted by atomic mass is 32.3. The van der Waals surface area contributed by atoms with Crippen LogP contribution in [0.5, 0.6) is 5.75 Å². The normalized spacial score (nSPS) is 27.3. The topological polar surface area (TPSA) is 101 Å². The van der Waals surface area contributed by atoms with Crippen molar-refractivity contribution in [2.45, 2.75) is 69.9 Å². The first-order chi connectivity index (χ1) is 19.8. The Hall–Kier alpha value is -2.58. The molecule has 0 spiro atoms. The van der Waals surface area contributed by atoms with E-state index in [4.69, 9.17) is 8.92 Å². The van der Waals surface area contributed by atoms with E-state index < -0.39 is 37.0 Å². The molecule has 7 nitrogen and oxygen atoms in total. The third-order valence-corrected chi connectivity index (χ3v) is 13.0. The largest absolute Gasteiger partial charge is 0.487 e. The summed E-state index contributed by atoms with van der Waals surface area (Å²) in [6.07, 6.45) is 2.79. The smallest absolute Gasteiger partial charge is 0.480 e. The van der Waals surface area contributed by atoms with E-state index in [0.717, 1.165) is 21.1 Å². The molecule has 42 heavy (non-hydrogen) atoms. The maximum atomic E-state index is 12.8. The number of hydrogen-bond acceptors (Lipinski definition) is 6. The van der Waals surface area contributed by atoms with Crippen LogP contribution in [0, 0.1) is 11.8 Å². The van der Waals surface area contributed by atoms with Crippen LogP contribution in [0.3, 0.4) is 0 Å². The van der Waals surface area contributed by atoms with Crippen molar-refractivity contribution in [3.8, 4) is 5.75 Å². The lowest BCUT2D eigenvalue weighted by Crippen LogP contribution is -2.62. The molecule has 0 N–H and O–H groups in total. The number of ether oxygens (including phenoxy) is 1. The van der Waals surface area contributed by atoms with Crippen molar-refractivity contribution < 1.29 is 38.9 Å². The second kappa shape index (κ2) is 10.5. The number of alkyl halides is 3. The predicted octanol–water partition coefficient (Wildman–Crippen LogP) is 6.74. The molecule has 4 aliphatic rings. The quantitative estimate of drug-likeness (QED) is 0.241. The van der Waals surface area contributed by atoms with Crippen molar-refractivity contribution in [2.24, 2.45) is 11.8 Å². The summed E-state index contributed by atoms with van der Waals surface area (Å²) < 4.78 is 100. The zero-order valence-electron chi connectivity index (χ0n) is 22.2. The fourth-order valence-corrected chi connectivity index (χ4v) is 11.3. The van der Waals surface area contributed by atoms with Gasteiger partial charge in [-0.2, -0.15) is 13.2 Å². The van der Waals surface area contributed by atoms with E-state index >= 15 is 0 Å². The molecule has 4 aliphatic carbocycles. The SMILES string of the molecule is O=S(=O)([N-]S(=O)(=O)C(F)(F)F)OC12CC3CC(CC(Oc4ccc([S+](c5ccccc5)c5ccccc5)cc4)(C3)C1)C2. The molecule has 224 valence electrons. The first-order valence-corrected chi connectivity index (χ1v) is 17.4. The average molecular weight is 640 g/mol. The summed E-state index contributed by atoms with van der Waals surface area (Å²) in [7, 11) is -12.0. The molecule has 0 aromatic heterocycles. The molecule has 2 atom stereocenters. The van der Waals surface area contributed by atoms with Gasteiger partial charge in [-0.05, 0) is 92.5 Å². The Balaban J connectivity index is 1.23. The second-order valence-corrected chi connectivity index (χ2v) is 16.4. The molecule has 0 aliphatic heterocycles. The van der Waals surface area contributed by atoms with Crippen LogP contribution in [0.25, 0.3) is 4.13 Å². The molecule has 7 rings (SSSR count). The molecule has 4 bridgehead atoms. The van der Waals surface area contributed by atoms with Gasteiger partial charge in [-0.15, -0.1) is 0 Å². The standard InChI is InChI=1S/C29H28F3NO6S3/c30-29(31,32)41(34,35)33-42(36,37)39-28-18-21-15-22(19-28)17-27(16-21,20-28)38-23-11-13-26(14-12-23)40(24-7-3-1-4-8-24)25-9-5-2-6-10-25/h1-14,21-22H,15-20H2. The van der Waals surface area contributed by atoms with Crippen molar-refractivity contribution in [1.82, 2.24) is 0 Å². The van der Waals surface area contributed by atoms with Crippen molar-refractivity contribution in [3.05, 3.63) is 89.1 Å². The van der Waals surface area contributed by atoms with Gasteiger partial charge >= 0.3 is 5.51 Å². The number of sulfonamides is 1. The highest BCUT2D eigenvalue weighted by Crippen LogP contribution is 2.60. The van der Waals surface area contributed by atoms with E-state index in [1.807, 2.05) is 60.7 Å². The van der Waals surface area contributed by atoms with E-state index in [-0.39, 0.29) is 42.0 Å². The Morgan fingerprint density at radius 3 is 1.69 bits per heavy atom. The lowest BCUT2D eigenvalue weighted by atomic mass is 9.52. The van der Waals surface area contributed by atoms with E-state index in [2.05, 4.69) is 28.4 Å². The summed E-state index contributed by atoms with van der Waals surface area (Å²) in [5, 5.41) is 0. The lowest BCUT2D eigenvalue weighted by molar-refractivity contribution is -0.175. The summed E-state index contributed by atoms with van der Waals surface area (Å²) in [5.74, 6) is 0.650. The molecule has 4 saturated carbocycles. The minimum atomic E-state index is -6.27. The first kappa shape index (κ1) is 29.5. The zero-order chi connectivity index (χ0) is 29.8. The Kier molecular flexibility index (Phi) is 7.41. The number of rotatable bonds is 9. The summed E-state index contributed by atoms with van der Waals surface area (Å²) in [4.78, 5) is 3.41. The van der Waals surface area contributed by atoms with Gasteiger partial charge in [-0.1, -0.05) is 36.4 Å². The summed E-state index contributed by atoms with van der Waals surface area (Å²) in [6.45, 7) is 0. The Morgan fingerprint density at radius 2 is 1.19 bits per heavy atom. The van der Waals surface area contributed by atoms with E-state index in [1.165, 1.54) is 0 Å². The van der Waals surface area contributed by atoms with E-state index in [0.29, 0.717) is 18.6 Å². The van der Waals surface area contributed by atoms with E-state index in [9.17, 15) is 30.0 Å². The molecular formula is C29H28F3NO6S3. The Bertz CT molecular complexity index is 1600. The molecule has 13 heteroatoms. The van der Waals surface area contributed by atoms with Crippen LogP contribution in [0.15, 0.2) is 99.6 Å². The fourth-order valence-electron chi connectivity index (χ4n) is 7.13. The van der Waals surface area contributed by atoms with Gasteiger partial charge in [0.2, 0.25) is 10.3 Å². The number of benzene rings is 3. The van der Waals surface area contributed by atoms with Crippen LogP contribution in [-0.2, 0) is 35.4 Å². The highest BCUT2D eigenvalue weighted by molar-refractivity contribution is 8.10. The van der Waals surface area contributed by atoms with Crippen molar-refractivity contribution in [3.63, 3.8) is 0 Å². The third-order valence-electron chi connectivity index (χ3n) is 8.07. The van der Waals surface area contributed by atoms with Gasteiger partial charge in [-0.25, -0.2) is 16.8 Å². The van der Waals surface area contributed by atoms with E-state index in [1.54, 1.807) is 0 Å². The first-order valence-electron chi connectivity index (χ1n) is 13.4. The van der Waals surface area contributed by atoms with Crippen LogP contribution < -0.4 is 4.74 Å². The Morgan fingerprint density at radius 1 is 0.714 bits per heavy atom. The molecule has 3 aromatic carbocycles. The van der Waals surface area contributed by atoms with Gasteiger partial charge in [0.05, 0.1) is 16.5 Å². The van der Waals surface area contributed by atoms with Crippen LogP contribution >= 0.6 is 0 Å². The molecule has 0 amide bonds. The van der Waals surface area contributed by atoms with Gasteiger partial charge < -0.3 is 8.86 Å². The molecule has 4 fully saturated rings. The fraction of sp³-hybridized carbons (Fsp3) is 0.379. The summed E-state index contributed by atoms with van der Waals surface area (Å²) in [6, 6.07) is 28.1. The van der Waals surface area contributed by atoms with Gasteiger partial charge in [0.15, 0.2) is 24.7 Å². The van der Waals surface area contributed by atoms with Crippen LogP contribution in [0.4, 0.5) is 13.2 Å². The molecule has 0 radical (unpaired) electrons. The molecule has 3 aromatic rings. The maximum Gasteiger partial charge on any atom is 0.480 e. The average Bonchev–Trinajstić information content (AvgIpc) is 2.88. The summed E-state index contributed by atoms with van der Waals surface area (Å²) in [5.41, 5.74) is -8.01. The molecular weight excluding hydrogens is 612 g/mol. The number of nitrogens with zero attached hydrogens (tertiary/aromatic N) is 1. The monoisotopic (exact) mass is 639 g/mol. The molecule has 2 unspecified atom stereocenters. The van der Waals surface area contributed by atoms with Crippen LogP contribution in [0.2, 0.25) is 0 Å². The van der Waals surface area contributed by atoms with Crippen molar-refractivity contribution in [2.75, 3.05) is 0 Å². The minimum Gasteiger partial charge on any atom is -0.487 e. The van der Waals surface area contributed by atoms with Gasteiger partial charge in [0, 0.05) is 6.42 Å².